The molecule has 1 fully saturated rings. The number of anilines is 1. The highest BCUT2D eigenvalue weighted by molar-refractivity contribution is 5.49. The molecule has 1 heterocycles. The Labute approximate surface area is 104 Å². The van der Waals surface area contributed by atoms with Crippen molar-refractivity contribution in [3.63, 3.8) is 0 Å². The van der Waals surface area contributed by atoms with E-state index in [2.05, 4.69) is 24.8 Å². The van der Waals surface area contributed by atoms with Crippen LogP contribution in [0.5, 0.6) is 5.75 Å². The SMILES string of the molecule is COc1ccc(N)cc1[C@H]1CCN(C(C)C)C1. The first-order valence-corrected chi connectivity index (χ1v) is 6.29. The highest BCUT2D eigenvalue weighted by Gasteiger charge is 2.27. The predicted octanol–water partition coefficient (Wildman–Crippen LogP) is 2.48. The maximum absolute atomic E-state index is 5.88. The number of hydrogen-bond donors (Lipinski definition) is 1. The zero-order valence-corrected chi connectivity index (χ0v) is 10.9. The molecular weight excluding hydrogens is 212 g/mol. The van der Waals surface area contributed by atoms with Crippen molar-refractivity contribution in [2.24, 2.45) is 0 Å². The lowest BCUT2D eigenvalue weighted by molar-refractivity contribution is 0.272. The average Bonchev–Trinajstić information content (AvgIpc) is 2.78. The van der Waals surface area contributed by atoms with Gasteiger partial charge in [0, 0.05) is 29.8 Å². The van der Waals surface area contributed by atoms with Crippen LogP contribution in [0.25, 0.3) is 0 Å². The lowest BCUT2D eigenvalue weighted by Crippen LogP contribution is -2.27. The third-order valence-corrected chi connectivity index (χ3v) is 3.64. The van der Waals surface area contributed by atoms with Gasteiger partial charge in [-0.3, -0.25) is 0 Å². The van der Waals surface area contributed by atoms with E-state index in [0.29, 0.717) is 12.0 Å². The fourth-order valence-corrected chi connectivity index (χ4v) is 2.58. The van der Waals surface area contributed by atoms with Gasteiger partial charge in [0.25, 0.3) is 0 Å². The van der Waals surface area contributed by atoms with Gasteiger partial charge in [0.05, 0.1) is 7.11 Å². The third-order valence-electron chi connectivity index (χ3n) is 3.64. The number of hydrogen-bond acceptors (Lipinski definition) is 3. The van der Waals surface area contributed by atoms with E-state index in [4.69, 9.17) is 10.5 Å². The maximum atomic E-state index is 5.88. The van der Waals surface area contributed by atoms with Crippen LogP contribution in [0.2, 0.25) is 0 Å². The molecule has 17 heavy (non-hydrogen) atoms. The Balaban J connectivity index is 2.20. The topological polar surface area (TPSA) is 38.5 Å². The lowest BCUT2D eigenvalue weighted by Gasteiger charge is -2.21. The second kappa shape index (κ2) is 4.96. The summed E-state index contributed by atoms with van der Waals surface area (Å²) in [4.78, 5) is 2.51. The number of methoxy groups -OCH3 is 1. The van der Waals surface area contributed by atoms with Gasteiger partial charge in [-0.25, -0.2) is 0 Å². The van der Waals surface area contributed by atoms with E-state index in [-0.39, 0.29) is 0 Å². The van der Waals surface area contributed by atoms with Crippen molar-refractivity contribution in [3.05, 3.63) is 23.8 Å². The molecule has 0 amide bonds. The van der Waals surface area contributed by atoms with Gasteiger partial charge in [0.1, 0.15) is 5.75 Å². The van der Waals surface area contributed by atoms with Gasteiger partial charge in [-0.05, 0) is 45.0 Å². The Morgan fingerprint density at radius 2 is 2.18 bits per heavy atom. The van der Waals surface area contributed by atoms with Crippen LogP contribution in [0.1, 0.15) is 31.7 Å². The lowest BCUT2D eigenvalue weighted by atomic mass is 9.97. The Bertz CT molecular complexity index is 390. The van der Waals surface area contributed by atoms with Crippen LogP contribution in [0.3, 0.4) is 0 Å². The molecule has 0 bridgehead atoms. The predicted molar refractivity (Wildman–Crippen MR) is 71.5 cm³/mol. The minimum absolute atomic E-state index is 0.552. The molecule has 3 nitrogen and oxygen atoms in total. The third kappa shape index (κ3) is 2.55. The van der Waals surface area contributed by atoms with Crippen LogP contribution >= 0.6 is 0 Å². The minimum atomic E-state index is 0.552. The number of likely N-dealkylation sites (tertiary alicyclic amines) is 1. The highest BCUT2D eigenvalue weighted by atomic mass is 16.5. The fourth-order valence-electron chi connectivity index (χ4n) is 2.58. The van der Waals surface area contributed by atoms with Crippen LogP contribution in [0, 0.1) is 0 Å². The van der Waals surface area contributed by atoms with Crippen LogP contribution in [0.15, 0.2) is 18.2 Å². The molecule has 0 saturated carbocycles. The summed E-state index contributed by atoms with van der Waals surface area (Å²) >= 11 is 0. The fraction of sp³-hybridized carbons (Fsp3) is 0.571. The first-order valence-electron chi connectivity index (χ1n) is 6.29. The van der Waals surface area contributed by atoms with E-state index in [1.165, 1.54) is 18.5 Å². The van der Waals surface area contributed by atoms with Crippen molar-refractivity contribution in [2.75, 3.05) is 25.9 Å². The first kappa shape index (κ1) is 12.2. The van der Waals surface area contributed by atoms with E-state index >= 15 is 0 Å². The van der Waals surface area contributed by atoms with E-state index < -0.39 is 0 Å². The zero-order chi connectivity index (χ0) is 12.4. The van der Waals surface area contributed by atoms with Gasteiger partial charge in [-0.15, -0.1) is 0 Å². The standard InChI is InChI=1S/C14H22N2O/c1-10(2)16-7-6-11(9-16)13-8-12(15)4-5-14(13)17-3/h4-5,8,10-11H,6-7,9,15H2,1-3H3/t11-/m0/s1. The van der Waals surface area contributed by atoms with Crippen LogP contribution < -0.4 is 10.5 Å². The molecular formula is C14H22N2O. The normalized spacial score (nSPS) is 21.1. The summed E-state index contributed by atoms with van der Waals surface area (Å²) in [6, 6.07) is 6.56. The van der Waals surface area contributed by atoms with Crippen molar-refractivity contribution < 1.29 is 4.74 Å². The molecule has 1 aliphatic heterocycles. The molecule has 0 aliphatic carbocycles. The Hall–Kier alpha value is -1.22. The second-order valence-electron chi connectivity index (χ2n) is 5.08. The molecule has 2 N–H and O–H groups in total. The summed E-state index contributed by atoms with van der Waals surface area (Å²) in [6.07, 6.45) is 1.19. The number of nitrogen functional groups attached to an aromatic ring is 1. The van der Waals surface area contributed by atoms with E-state index in [1.807, 2.05) is 12.1 Å². The number of nitrogens with zero attached hydrogens (tertiary/aromatic N) is 1. The Morgan fingerprint density at radius 3 is 2.76 bits per heavy atom. The van der Waals surface area contributed by atoms with E-state index in [9.17, 15) is 0 Å². The van der Waals surface area contributed by atoms with Gasteiger partial charge >= 0.3 is 0 Å². The van der Waals surface area contributed by atoms with Crippen molar-refractivity contribution in [2.45, 2.75) is 32.2 Å². The highest BCUT2D eigenvalue weighted by Crippen LogP contribution is 2.35. The first-order chi connectivity index (χ1) is 8.11. The molecule has 1 aromatic carbocycles. The Morgan fingerprint density at radius 1 is 1.41 bits per heavy atom. The monoisotopic (exact) mass is 234 g/mol. The molecule has 94 valence electrons. The largest absolute Gasteiger partial charge is 0.496 e. The zero-order valence-electron chi connectivity index (χ0n) is 10.9. The summed E-state index contributed by atoms with van der Waals surface area (Å²) < 4.78 is 5.43. The molecule has 0 spiro atoms. The smallest absolute Gasteiger partial charge is 0.122 e. The minimum Gasteiger partial charge on any atom is -0.496 e. The van der Waals surface area contributed by atoms with Gasteiger partial charge in [-0.1, -0.05) is 0 Å². The van der Waals surface area contributed by atoms with Gasteiger partial charge in [0.2, 0.25) is 0 Å². The molecule has 1 aromatic rings. The Kier molecular flexibility index (Phi) is 3.57. The number of rotatable bonds is 3. The van der Waals surface area contributed by atoms with Crippen LogP contribution in [-0.2, 0) is 0 Å². The van der Waals surface area contributed by atoms with Crippen molar-refractivity contribution in [1.29, 1.82) is 0 Å². The molecule has 2 rings (SSSR count). The summed E-state index contributed by atoms with van der Waals surface area (Å²) in [7, 11) is 1.73. The number of nitrogens with two attached hydrogens (primary N) is 1. The van der Waals surface area contributed by atoms with Gasteiger partial charge in [0.15, 0.2) is 0 Å². The van der Waals surface area contributed by atoms with Crippen molar-refractivity contribution in [1.82, 2.24) is 4.90 Å². The summed E-state index contributed by atoms with van der Waals surface area (Å²) in [6.45, 7) is 6.77. The molecule has 1 aliphatic rings. The van der Waals surface area contributed by atoms with Crippen molar-refractivity contribution >= 4 is 5.69 Å². The molecule has 0 radical (unpaired) electrons. The molecule has 1 saturated heterocycles. The van der Waals surface area contributed by atoms with Gasteiger partial charge < -0.3 is 15.4 Å². The molecule has 0 unspecified atom stereocenters. The van der Waals surface area contributed by atoms with Crippen LogP contribution in [-0.4, -0.2) is 31.1 Å². The number of ether oxygens (including phenoxy) is 1. The summed E-state index contributed by atoms with van der Waals surface area (Å²) in [5.41, 5.74) is 7.96. The molecule has 0 aromatic heterocycles. The quantitative estimate of drug-likeness (QED) is 0.817. The summed E-state index contributed by atoms with van der Waals surface area (Å²) in [5, 5.41) is 0. The molecule has 1 atom stereocenters. The van der Waals surface area contributed by atoms with E-state index in [0.717, 1.165) is 18.0 Å². The molecule has 3 heteroatoms. The van der Waals surface area contributed by atoms with Crippen molar-refractivity contribution in [3.8, 4) is 5.75 Å². The maximum Gasteiger partial charge on any atom is 0.122 e. The van der Waals surface area contributed by atoms with Gasteiger partial charge in [-0.2, -0.15) is 0 Å². The average molecular weight is 234 g/mol. The summed E-state index contributed by atoms with van der Waals surface area (Å²) in [5.74, 6) is 1.52. The number of benzene rings is 1. The second-order valence-corrected chi connectivity index (χ2v) is 5.08. The van der Waals surface area contributed by atoms with E-state index in [1.54, 1.807) is 7.11 Å². The van der Waals surface area contributed by atoms with Crippen LogP contribution in [0.4, 0.5) is 5.69 Å².